The summed E-state index contributed by atoms with van der Waals surface area (Å²) in [6.07, 6.45) is -1.30. The number of carbonyl (C=O) groups is 1. The maximum atomic E-state index is 11.3. The Morgan fingerprint density at radius 2 is 1.95 bits per heavy atom. The molecule has 0 aliphatic heterocycles. The number of benzene rings is 1. The smallest absolute Gasteiger partial charge is 0.407 e. The van der Waals surface area contributed by atoms with Crippen LogP contribution in [-0.4, -0.2) is 24.4 Å². The monoisotopic (exact) mass is 329 g/mol. The minimum Gasteiger partial charge on any atom is -0.443 e. The summed E-state index contributed by atoms with van der Waals surface area (Å²) >= 11 is 3.35. The molecule has 0 saturated carbocycles. The topological polar surface area (TPSA) is 58.6 Å². The van der Waals surface area contributed by atoms with Gasteiger partial charge < -0.3 is 15.2 Å². The van der Waals surface area contributed by atoms with Gasteiger partial charge in [0.05, 0.1) is 0 Å². The molecule has 1 rings (SSSR count). The van der Waals surface area contributed by atoms with Crippen LogP contribution in [0.4, 0.5) is 4.79 Å². The molecule has 5 heteroatoms. The Morgan fingerprint density at radius 1 is 1.37 bits per heavy atom. The van der Waals surface area contributed by atoms with Crippen molar-refractivity contribution in [3.8, 4) is 0 Å². The maximum absolute atomic E-state index is 11.3. The van der Waals surface area contributed by atoms with Crippen molar-refractivity contribution in [1.82, 2.24) is 5.32 Å². The van der Waals surface area contributed by atoms with E-state index in [0.717, 1.165) is 10.0 Å². The minimum absolute atomic E-state index is 0.319. The first kappa shape index (κ1) is 16.0. The Hall–Kier alpha value is -1.07. The zero-order valence-corrected chi connectivity index (χ0v) is 13.0. The molecular formula is C14H20BrNO3. The van der Waals surface area contributed by atoms with Gasteiger partial charge in [-0.25, -0.2) is 4.79 Å². The van der Waals surface area contributed by atoms with Gasteiger partial charge >= 0.3 is 6.09 Å². The molecule has 1 aromatic rings. The van der Waals surface area contributed by atoms with E-state index >= 15 is 0 Å². The molecule has 1 unspecified atom stereocenters. The van der Waals surface area contributed by atoms with E-state index in [1.165, 1.54) is 7.05 Å². The average molecular weight is 330 g/mol. The Kier molecular flexibility index (Phi) is 6.31. The second kappa shape index (κ2) is 7.50. The van der Waals surface area contributed by atoms with Gasteiger partial charge in [-0.2, -0.15) is 0 Å². The molecule has 0 heterocycles. The van der Waals surface area contributed by atoms with Crippen LogP contribution in [-0.2, 0) is 4.74 Å². The van der Waals surface area contributed by atoms with Crippen LogP contribution in [0.25, 0.3) is 0 Å². The number of alkyl carbamates (subject to hydrolysis) is 1. The van der Waals surface area contributed by atoms with Crippen LogP contribution in [0.15, 0.2) is 28.7 Å². The summed E-state index contributed by atoms with van der Waals surface area (Å²) in [6, 6.07) is 7.33. The summed E-state index contributed by atoms with van der Waals surface area (Å²) < 4.78 is 6.19. The Morgan fingerprint density at radius 3 is 2.42 bits per heavy atom. The second-order valence-electron chi connectivity index (χ2n) is 4.82. The first-order chi connectivity index (χ1) is 8.93. The van der Waals surface area contributed by atoms with Crippen molar-refractivity contribution in [2.75, 3.05) is 7.05 Å². The van der Waals surface area contributed by atoms with E-state index in [4.69, 9.17) is 4.74 Å². The lowest BCUT2D eigenvalue weighted by Gasteiger charge is -2.24. The summed E-state index contributed by atoms with van der Waals surface area (Å²) in [6.45, 7) is 4.04. The van der Waals surface area contributed by atoms with Crippen LogP contribution in [0.2, 0.25) is 0 Å². The number of aliphatic hydroxyl groups excluding tert-OH is 1. The molecule has 0 saturated heterocycles. The van der Waals surface area contributed by atoms with Crippen LogP contribution in [0.5, 0.6) is 0 Å². The molecule has 4 nitrogen and oxygen atoms in total. The van der Waals surface area contributed by atoms with Gasteiger partial charge in [0.15, 0.2) is 0 Å². The standard InChI is InChI=1S/C14H20BrNO3/c1-9(2)8-12(19-14(18)16-3)13(17)10-4-6-11(15)7-5-10/h4-7,9,12-13,17H,8H2,1-3H3,(H,16,18)/t12-,13?/m0/s1. The number of hydrogen-bond acceptors (Lipinski definition) is 3. The number of amides is 1. The van der Waals surface area contributed by atoms with E-state index < -0.39 is 18.3 Å². The highest BCUT2D eigenvalue weighted by Gasteiger charge is 2.25. The fourth-order valence-corrected chi connectivity index (χ4v) is 2.04. The van der Waals surface area contributed by atoms with Crippen molar-refractivity contribution >= 4 is 22.0 Å². The van der Waals surface area contributed by atoms with Crippen LogP contribution in [0.3, 0.4) is 0 Å². The molecule has 2 atom stereocenters. The van der Waals surface area contributed by atoms with Gasteiger partial charge in [0.2, 0.25) is 0 Å². The molecule has 1 aromatic carbocycles. The predicted octanol–water partition coefficient (Wildman–Crippen LogP) is 3.25. The van der Waals surface area contributed by atoms with E-state index in [9.17, 15) is 9.90 Å². The lowest BCUT2D eigenvalue weighted by molar-refractivity contribution is -0.00820. The molecule has 0 aromatic heterocycles. The maximum Gasteiger partial charge on any atom is 0.407 e. The third-order valence-electron chi connectivity index (χ3n) is 2.73. The molecule has 0 fully saturated rings. The second-order valence-corrected chi connectivity index (χ2v) is 5.74. The van der Waals surface area contributed by atoms with Crippen molar-refractivity contribution in [2.45, 2.75) is 32.5 Å². The van der Waals surface area contributed by atoms with Crippen molar-refractivity contribution in [1.29, 1.82) is 0 Å². The fourth-order valence-electron chi connectivity index (χ4n) is 1.78. The third-order valence-corrected chi connectivity index (χ3v) is 3.26. The van der Waals surface area contributed by atoms with E-state index in [1.54, 1.807) is 0 Å². The van der Waals surface area contributed by atoms with Crippen molar-refractivity contribution in [3.63, 3.8) is 0 Å². The summed E-state index contributed by atoms with van der Waals surface area (Å²) in [5.41, 5.74) is 0.734. The molecule has 0 radical (unpaired) electrons. The number of ether oxygens (including phenoxy) is 1. The summed E-state index contributed by atoms with van der Waals surface area (Å²) in [7, 11) is 1.50. The van der Waals surface area contributed by atoms with Gasteiger partial charge in [-0.15, -0.1) is 0 Å². The molecule has 1 amide bonds. The van der Waals surface area contributed by atoms with Crippen LogP contribution >= 0.6 is 15.9 Å². The van der Waals surface area contributed by atoms with Crippen LogP contribution < -0.4 is 5.32 Å². The van der Waals surface area contributed by atoms with E-state index in [-0.39, 0.29) is 0 Å². The predicted molar refractivity (Wildman–Crippen MR) is 77.9 cm³/mol. The highest BCUT2D eigenvalue weighted by Crippen LogP contribution is 2.25. The summed E-state index contributed by atoms with van der Waals surface area (Å²) in [4.78, 5) is 11.3. The van der Waals surface area contributed by atoms with E-state index in [2.05, 4.69) is 21.2 Å². The van der Waals surface area contributed by atoms with Gasteiger partial charge in [-0.05, 0) is 30.0 Å². The van der Waals surface area contributed by atoms with Gasteiger partial charge in [0.1, 0.15) is 12.2 Å². The fraction of sp³-hybridized carbons (Fsp3) is 0.500. The van der Waals surface area contributed by atoms with E-state index in [1.807, 2.05) is 38.1 Å². The summed E-state index contributed by atoms with van der Waals surface area (Å²) in [5.74, 6) is 0.319. The van der Waals surface area contributed by atoms with Crippen molar-refractivity contribution in [2.24, 2.45) is 5.92 Å². The van der Waals surface area contributed by atoms with Crippen LogP contribution in [0, 0.1) is 5.92 Å². The lowest BCUT2D eigenvalue weighted by atomic mass is 9.97. The zero-order chi connectivity index (χ0) is 14.4. The largest absolute Gasteiger partial charge is 0.443 e. The Balaban J connectivity index is 2.83. The number of aliphatic hydroxyl groups is 1. The normalized spacial score (nSPS) is 14.0. The number of hydrogen-bond donors (Lipinski definition) is 2. The van der Waals surface area contributed by atoms with Gasteiger partial charge in [-0.3, -0.25) is 0 Å². The Bertz CT molecular complexity index is 406. The molecule has 0 aliphatic carbocycles. The molecule has 106 valence electrons. The average Bonchev–Trinajstić information content (AvgIpc) is 2.37. The first-order valence-electron chi connectivity index (χ1n) is 6.26. The molecular weight excluding hydrogens is 310 g/mol. The lowest BCUT2D eigenvalue weighted by Crippen LogP contribution is -2.31. The molecule has 0 spiro atoms. The highest BCUT2D eigenvalue weighted by atomic mass is 79.9. The van der Waals surface area contributed by atoms with Gasteiger partial charge in [-0.1, -0.05) is 41.9 Å². The van der Waals surface area contributed by atoms with Crippen LogP contribution in [0.1, 0.15) is 31.9 Å². The van der Waals surface area contributed by atoms with Gasteiger partial charge in [0.25, 0.3) is 0 Å². The quantitative estimate of drug-likeness (QED) is 0.871. The highest BCUT2D eigenvalue weighted by molar-refractivity contribution is 9.10. The van der Waals surface area contributed by atoms with Crippen molar-refractivity contribution < 1.29 is 14.6 Å². The van der Waals surface area contributed by atoms with Gasteiger partial charge in [0, 0.05) is 11.5 Å². The summed E-state index contributed by atoms with van der Waals surface area (Å²) in [5, 5.41) is 12.7. The van der Waals surface area contributed by atoms with E-state index in [0.29, 0.717) is 12.3 Å². The molecule has 2 N–H and O–H groups in total. The SMILES string of the molecule is CNC(=O)O[C@@H](CC(C)C)C(O)c1ccc(Br)cc1. The third kappa shape index (κ3) is 5.20. The first-order valence-corrected chi connectivity index (χ1v) is 7.05. The number of nitrogens with one attached hydrogen (secondary N) is 1. The molecule has 0 bridgehead atoms. The minimum atomic E-state index is -0.826. The Labute approximate surface area is 122 Å². The molecule has 0 aliphatic rings. The number of halogens is 1. The number of carbonyl (C=O) groups excluding carboxylic acids is 1. The number of rotatable bonds is 5. The zero-order valence-electron chi connectivity index (χ0n) is 11.4. The molecule has 19 heavy (non-hydrogen) atoms. The van der Waals surface area contributed by atoms with Crippen molar-refractivity contribution in [3.05, 3.63) is 34.3 Å².